The first-order valence-electron chi connectivity index (χ1n) is 7.45. The van der Waals surface area contributed by atoms with Crippen LogP contribution in [0.1, 0.15) is 43.5 Å². The Morgan fingerprint density at radius 1 is 1.10 bits per heavy atom. The first-order valence-corrected chi connectivity index (χ1v) is 7.45. The number of hydrogen-bond acceptors (Lipinski definition) is 3. The van der Waals surface area contributed by atoms with Crippen molar-refractivity contribution in [1.29, 1.82) is 0 Å². The minimum atomic E-state index is 0.208. The molecule has 3 nitrogen and oxygen atoms in total. The van der Waals surface area contributed by atoms with E-state index in [-0.39, 0.29) is 12.1 Å². The quantitative estimate of drug-likeness (QED) is 0.869. The molecule has 0 aliphatic heterocycles. The molecule has 112 valence electrons. The van der Waals surface area contributed by atoms with Crippen LogP contribution in [0.2, 0.25) is 0 Å². The number of nitrogens with one attached hydrogen (secondary N) is 1. The number of benzene rings is 1. The second kappa shape index (κ2) is 7.23. The Labute approximate surface area is 127 Å². The van der Waals surface area contributed by atoms with E-state index in [1.165, 1.54) is 16.7 Å². The highest BCUT2D eigenvalue weighted by Gasteiger charge is 2.06. The van der Waals surface area contributed by atoms with Crippen LogP contribution in [0.4, 0.5) is 0 Å². The summed E-state index contributed by atoms with van der Waals surface area (Å²) in [7, 11) is 0. The van der Waals surface area contributed by atoms with Gasteiger partial charge < -0.3 is 10.1 Å². The van der Waals surface area contributed by atoms with E-state index in [0.717, 1.165) is 12.3 Å². The molecule has 0 aliphatic rings. The Morgan fingerprint density at radius 3 is 2.43 bits per heavy atom. The second-order valence-corrected chi connectivity index (χ2v) is 5.64. The summed E-state index contributed by atoms with van der Waals surface area (Å²) >= 11 is 0. The molecule has 0 spiro atoms. The molecule has 0 fully saturated rings. The number of pyridine rings is 1. The minimum Gasteiger partial charge on any atom is -0.491 e. The van der Waals surface area contributed by atoms with Crippen LogP contribution >= 0.6 is 0 Å². The van der Waals surface area contributed by atoms with Gasteiger partial charge in [0.2, 0.25) is 0 Å². The molecule has 0 saturated heterocycles. The van der Waals surface area contributed by atoms with Gasteiger partial charge in [0.1, 0.15) is 5.75 Å². The summed E-state index contributed by atoms with van der Waals surface area (Å²) in [6.45, 7) is 9.18. The molecule has 1 atom stereocenters. The second-order valence-electron chi connectivity index (χ2n) is 5.64. The van der Waals surface area contributed by atoms with Crippen molar-refractivity contribution < 1.29 is 4.74 Å². The van der Waals surface area contributed by atoms with Gasteiger partial charge in [-0.3, -0.25) is 4.98 Å². The molecule has 21 heavy (non-hydrogen) atoms. The summed E-state index contributed by atoms with van der Waals surface area (Å²) in [5, 5.41) is 3.54. The van der Waals surface area contributed by atoms with Crippen LogP contribution in [0, 0.1) is 6.92 Å². The zero-order valence-corrected chi connectivity index (χ0v) is 13.3. The van der Waals surface area contributed by atoms with Crippen LogP contribution in [0.15, 0.2) is 42.7 Å². The Hall–Kier alpha value is -1.87. The number of ether oxygens (including phenoxy) is 1. The Morgan fingerprint density at radius 2 is 1.81 bits per heavy atom. The molecule has 0 radical (unpaired) electrons. The summed E-state index contributed by atoms with van der Waals surface area (Å²) in [4.78, 5) is 4.18. The molecule has 0 bridgehead atoms. The van der Waals surface area contributed by atoms with E-state index in [4.69, 9.17) is 4.74 Å². The SMILES string of the molecule is Cc1ccncc1CNC(C)c1ccc(OC(C)C)cc1. The van der Waals surface area contributed by atoms with Crippen LogP contribution in [-0.2, 0) is 6.54 Å². The molecular weight excluding hydrogens is 260 g/mol. The van der Waals surface area contributed by atoms with Crippen LogP contribution in [0.25, 0.3) is 0 Å². The smallest absolute Gasteiger partial charge is 0.119 e. The third-order valence-corrected chi connectivity index (χ3v) is 3.50. The molecule has 1 aromatic heterocycles. The van der Waals surface area contributed by atoms with E-state index in [9.17, 15) is 0 Å². The molecule has 3 heteroatoms. The van der Waals surface area contributed by atoms with Gasteiger partial charge in [0.15, 0.2) is 0 Å². The maximum Gasteiger partial charge on any atom is 0.119 e. The normalized spacial score (nSPS) is 12.4. The monoisotopic (exact) mass is 284 g/mol. The fraction of sp³-hybridized carbons (Fsp3) is 0.389. The third-order valence-electron chi connectivity index (χ3n) is 3.50. The standard InChI is InChI=1S/C18H24N2O/c1-13(2)21-18-7-5-16(6-8-18)15(4)20-12-17-11-19-10-9-14(17)3/h5-11,13,15,20H,12H2,1-4H3. The highest BCUT2D eigenvalue weighted by molar-refractivity contribution is 5.29. The zero-order valence-electron chi connectivity index (χ0n) is 13.3. The van der Waals surface area contributed by atoms with Crippen molar-refractivity contribution in [2.75, 3.05) is 0 Å². The Balaban J connectivity index is 1.94. The highest BCUT2D eigenvalue weighted by atomic mass is 16.5. The van der Waals surface area contributed by atoms with E-state index in [2.05, 4.69) is 36.3 Å². The lowest BCUT2D eigenvalue weighted by Crippen LogP contribution is -2.18. The van der Waals surface area contributed by atoms with Gasteiger partial charge in [-0.15, -0.1) is 0 Å². The first kappa shape index (κ1) is 15.5. The van der Waals surface area contributed by atoms with Gasteiger partial charge in [0.25, 0.3) is 0 Å². The maximum atomic E-state index is 5.67. The summed E-state index contributed by atoms with van der Waals surface area (Å²) in [6, 6.07) is 10.6. The third kappa shape index (κ3) is 4.57. The molecule has 1 N–H and O–H groups in total. The average molecular weight is 284 g/mol. The van der Waals surface area contributed by atoms with Crippen molar-refractivity contribution in [2.45, 2.75) is 46.4 Å². The number of aryl methyl sites for hydroxylation is 1. The van der Waals surface area contributed by atoms with Crippen molar-refractivity contribution in [1.82, 2.24) is 10.3 Å². The summed E-state index contributed by atoms with van der Waals surface area (Å²) < 4.78 is 5.67. The van der Waals surface area contributed by atoms with Gasteiger partial charge in [-0.1, -0.05) is 12.1 Å². The van der Waals surface area contributed by atoms with Crippen LogP contribution in [-0.4, -0.2) is 11.1 Å². The van der Waals surface area contributed by atoms with Crippen molar-refractivity contribution >= 4 is 0 Å². The molecule has 0 amide bonds. The fourth-order valence-corrected chi connectivity index (χ4v) is 2.17. The predicted molar refractivity (Wildman–Crippen MR) is 86.4 cm³/mol. The van der Waals surface area contributed by atoms with Crippen molar-refractivity contribution in [2.24, 2.45) is 0 Å². The van der Waals surface area contributed by atoms with Crippen molar-refractivity contribution in [3.8, 4) is 5.75 Å². The van der Waals surface area contributed by atoms with Crippen LogP contribution in [0.3, 0.4) is 0 Å². The summed E-state index contributed by atoms with van der Waals surface area (Å²) in [6.07, 6.45) is 3.96. The molecule has 0 saturated carbocycles. The summed E-state index contributed by atoms with van der Waals surface area (Å²) in [5.41, 5.74) is 3.77. The van der Waals surface area contributed by atoms with Gasteiger partial charge in [-0.25, -0.2) is 0 Å². The van der Waals surface area contributed by atoms with E-state index < -0.39 is 0 Å². The predicted octanol–water partition coefficient (Wildman–Crippen LogP) is 4.03. The van der Waals surface area contributed by atoms with E-state index >= 15 is 0 Å². The van der Waals surface area contributed by atoms with E-state index in [1.54, 1.807) is 0 Å². The zero-order chi connectivity index (χ0) is 15.2. The largest absolute Gasteiger partial charge is 0.491 e. The Kier molecular flexibility index (Phi) is 5.34. The molecule has 1 unspecified atom stereocenters. The minimum absolute atomic E-state index is 0.208. The molecule has 2 aromatic rings. The van der Waals surface area contributed by atoms with Crippen LogP contribution in [0.5, 0.6) is 5.75 Å². The molecule has 1 aromatic carbocycles. The fourth-order valence-electron chi connectivity index (χ4n) is 2.17. The van der Waals surface area contributed by atoms with Gasteiger partial charge in [0.05, 0.1) is 6.10 Å². The number of hydrogen-bond donors (Lipinski definition) is 1. The molecular formula is C18H24N2O. The van der Waals surface area contributed by atoms with Gasteiger partial charge in [0, 0.05) is 25.0 Å². The Bertz CT molecular complexity index is 564. The number of aromatic nitrogens is 1. The first-order chi connectivity index (χ1) is 10.1. The van der Waals surface area contributed by atoms with Crippen molar-refractivity contribution in [3.63, 3.8) is 0 Å². The summed E-state index contributed by atoms with van der Waals surface area (Å²) in [5.74, 6) is 0.920. The number of rotatable bonds is 6. The molecule has 0 aliphatic carbocycles. The molecule has 1 heterocycles. The van der Waals surface area contributed by atoms with Crippen LogP contribution < -0.4 is 10.1 Å². The average Bonchev–Trinajstić information content (AvgIpc) is 2.46. The van der Waals surface area contributed by atoms with E-state index in [0.29, 0.717) is 0 Å². The van der Waals surface area contributed by atoms with Gasteiger partial charge in [-0.05, 0) is 62.6 Å². The lowest BCUT2D eigenvalue weighted by molar-refractivity contribution is 0.242. The van der Waals surface area contributed by atoms with Gasteiger partial charge in [-0.2, -0.15) is 0 Å². The lowest BCUT2D eigenvalue weighted by atomic mass is 10.1. The number of nitrogens with zero attached hydrogens (tertiary/aromatic N) is 1. The van der Waals surface area contributed by atoms with Crippen molar-refractivity contribution in [3.05, 3.63) is 59.4 Å². The maximum absolute atomic E-state index is 5.67. The van der Waals surface area contributed by atoms with E-state index in [1.807, 2.05) is 44.4 Å². The topological polar surface area (TPSA) is 34.2 Å². The molecule has 2 rings (SSSR count). The van der Waals surface area contributed by atoms with Gasteiger partial charge >= 0.3 is 0 Å². The highest BCUT2D eigenvalue weighted by Crippen LogP contribution is 2.19. The lowest BCUT2D eigenvalue weighted by Gasteiger charge is -2.16.